The van der Waals surface area contributed by atoms with E-state index in [-0.39, 0.29) is 17.2 Å². The predicted molar refractivity (Wildman–Crippen MR) is 77.3 cm³/mol. The molecule has 0 unspecified atom stereocenters. The summed E-state index contributed by atoms with van der Waals surface area (Å²) in [5.74, 6) is 0.110. The van der Waals surface area contributed by atoms with Crippen molar-refractivity contribution in [3.63, 3.8) is 0 Å². The SMILES string of the molecule is COc1cccc(C=NNc2ccccc2C(F)(F)F)c1O. The monoisotopic (exact) mass is 310 g/mol. The van der Waals surface area contributed by atoms with Crippen LogP contribution in [0.15, 0.2) is 47.6 Å². The van der Waals surface area contributed by atoms with Gasteiger partial charge in [-0.15, -0.1) is 0 Å². The van der Waals surface area contributed by atoms with E-state index in [1.54, 1.807) is 18.2 Å². The number of hydrogen-bond acceptors (Lipinski definition) is 4. The first-order valence-electron chi connectivity index (χ1n) is 6.24. The highest BCUT2D eigenvalue weighted by molar-refractivity contribution is 5.85. The zero-order chi connectivity index (χ0) is 16.2. The fourth-order valence-electron chi connectivity index (χ4n) is 1.81. The van der Waals surface area contributed by atoms with Crippen LogP contribution in [0.1, 0.15) is 11.1 Å². The number of alkyl halides is 3. The summed E-state index contributed by atoms with van der Waals surface area (Å²) >= 11 is 0. The van der Waals surface area contributed by atoms with Crippen LogP contribution < -0.4 is 10.2 Å². The number of anilines is 1. The van der Waals surface area contributed by atoms with Crippen LogP contribution in [-0.2, 0) is 6.18 Å². The predicted octanol–water partition coefficient (Wildman–Crippen LogP) is 3.87. The number of benzene rings is 2. The van der Waals surface area contributed by atoms with Gasteiger partial charge in [0.15, 0.2) is 11.5 Å². The van der Waals surface area contributed by atoms with Crippen LogP contribution in [0.4, 0.5) is 18.9 Å². The Morgan fingerprint density at radius 1 is 1.14 bits per heavy atom. The fourth-order valence-corrected chi connectivity index (χ4v) is 1.81. The third kappa shape index (κ3) is 3.49. The third-order valence-electron chi connectivity index (χ3n) is 2.87. The molecule has 0 aliphatic carbocycles. The number of phenolic OH excluding ortho intramolecular Hbond substituents is 1. The molecule has 0 spiro atoms. The number of ether oxygens (including phenoxy) is 1. The van der Waals surface area contributed by atoms with Gasteiger partial charge in [-0.1, -0.05) is 18.2 Å². The van der Waals surface area contributed by atoms with Gasteiger partial charge in [0.2, 0.25) is 0 Å². The van der Waals surface area contributed by atoms with Crippen LogP contribution in [0.2, 0.25) is 0 Å². The van der Waals surface area contributed by atoms with E-state index in [1.165, 1.54) is 31.5 Å². The maximum atomic E-state index is 12.8. The topological polar surface area (TPSA) is 53.8 Å². The van der Waals surface area contributed by atoms with Crippen LogP contribution in [0.5, 0.6) is 11.5 Å². The van der Waals surface area contributed by atoms with Crippen molar-refractivity contribution in [3.8, 4) is 11.5 Å². The Morgan fingerprint density at radius 2 is 1.86 bits per heavy atom. The number of methoxy groups -OCH3 is 1. The number of nitrogens with zero attached hydrogens (tertiary/aromatic N) is 1. The minimum absolute atomic E-state index is 0.139. The lowest BCUT2D eigenvalue weighted by Gasteiger charge is -2.11. The Morgan fingerprint density at radius 3 is 2.55 bits per heavy atom. The van der Waals surface area contributed by atoms with Crippen molar-refractivity contribution in [1.82, 2.24) is 0 Å². The highest BCUT2D eigenvalue weighted by atomic mass is 19.4. The minimum Gasteiger partial charge on any atom is -0.504 e. The summed E-state index contributed by atoms with van der Waals surface area (Å²) in [4.78, 5) is 0. The number of para-hydroxylation sites is 2. The van der Waals surface area contributed by atoms with E-state index in [1.807, 2.05) is 0 Å². The van der Waals surface area contributed by atoms with E-state index in [0.29, 0.717) is 5.56 Å². The number of aromatic hydroxyl groups is 1. The first-order valence-corrected chi connectivity index (χ1v) is 6.24. The molecule has 116 valence electrons. The van der Waals surface area contributed by atoms with Crippen LogP contribution in [0.25, 0.3) is 0 Å². The zero-order valence-corrected chi connectivity index (χ0v) is 11.6. The maximum Gasteiger partial charge on any atom is 0.418 e. The number of hydrazone groups is 1. The molecule has 0 heterocycles. The molecule has 0 saturated carbocycles. The summed E-state index contributed by atoms with van der Waals surface area (Å²) < 4.78 is 43.4. The van der Waals surface area contributed by atoms with Gasteiger partial charge in [0, 0.05) is 5.56 Å². The number of phenols is 1. The molecule has 0 saturated heterocycles. The van der Waals surface area contributed by atoms with Crippen molar-refractivity contribution in [2.24, 2.45) is 5.10 Å². The molecule has 2 N–H and O–H groups in total. The lowest BCUT2D eigenvalue weighted by atomic mass is 10.2. The maximum absolute atomic E-state index is 12.8. The molecule has 2 aromatic rings. The Bertz CT molecular complexity index is 685. The largest absolute Gasteiger partial charge is 0.504 e. The Balaban J connectivity index is 2.21. The van der Waals surface area contributed by atoms with Gasteiger partial charge in [0.05, 0.1) is 24.6 Å². The van der Waals surface area contributed by atoms with Gasteiger partial charge < -0.3 is 9.84 Å². The van der Waals surface area contributed by atoms with E-state index in [9.17, 15) is 18.3 Å². The first-order chi connectivity index (χ1) is 10.4. The van der Waals surface area contributed by atoms with Crippen LogP contribution in [-0.4, -0.2) is 18.4 Å². The molecule has 4 nitrogen and oxygen atoms in total. The molecule has 7 heteroatoms. The average molecular weight is 310 g/mol. The molecule has 0 amide bonds. The molecule has 22 heavy (non-hydrogen) atoms. The van der Waals surface area contributed by atoms with Gasteiger partial charge in [0.25, 0.3) is 0 Å². The molecular weight excluding hydrogens is 297 g/mol. The number of rotatable bonds is 4. The number of hydrogen-bond donors (Lipinski definition) is 2. The first kappa shape index (κ1) is 15.7. The van der Waals surface area contributed by atoms with Crippen molar-refractivity contribution in [2.75, 3.05) is 12.5 Å². The van der Waals surface area contributed by atoms with Crippen molar-refractivity contribution in [3.05, 3.63) is 53.6 Å². The number of halogens is 3. The van der Waals surface area contributed by atoms with Crippen molar-refractivity contribution in [1.29, 1.82) is 0 Å². The second-order valence-electron chi connectivity index (χ2n) is 4.31. The van der Waals surface area contributed by atoms with E-state index in [0.717, 1.165) is 6.07 Å². The number of nitrogens with one attached hydrogen (secondary N) is 1. The highest BCUT2D eigenvalue weighted by Gasteiger charge is 2.33. The van der Waals surface area contributed by atoms with Gasteiger partial charge >= 0.3 is 6.18 Å². The van der Waals surface area contributed by atoms with Crippen molar-refractivity contribution < 1.29 is 23.0 Å². The van der Waals surface area contributed by atoms with Gasteiger partial charge in [-0.25, -0.2) is 0 Å². The summed E-state index contributed by atoms with van der Waals surface area (Å²) in [5, 5.41) is 13.6. The highest BCUT2D eigenvalue weighted by Crippen LogP contribution is 2.34. The van der Waals surface area contributed by atoms with Crippen LogP contribution in [0, 0.1) is 0 Å². The Hall–Kier alpha value is -2.70. The van der Waals surface area contributed by atoms with E-state index in [4.69, 9.17) is 4.74 Å². The summed E-state index contributed by atoms with van der Waals surface area (Å²) in [5.41, 5.74) is 1.66. The van der Waals surface area contributed by atoms with Crippen LogP contribution >= 0.6 is 0 Å². The Kier molecular flexibility index (Phi) is 4.55. The van der Waals surface area contributed by atoms with E-state index in [2.05, 4.69) is 10.5 Å². The van der Waals surface area contributed by atoms with Crippen LogP contribution in [0.3, 0.4) is 0 Å². The second kappa shape index (κ2) is 6.38. The summed E-state index contributed by atoms with van der Waals surface area (Å²) in [6.07, 6.45) is -3.26. The molecule has 2 rings (SSSR count). The summed E-state index contributed by atoms with van der Waals surface area (Å²) in [6, 6.07) is 9.73. The smallest absolute Gasteiger partial charge is 0.418 e. The van der Waals surface area contributed by atoms with Gasteiger partial charge in [-0.2, -0.15) is 18.3 Å². The minimum atomic E-state index is -4.47. The lowest BCUT2D eigenvalue weighted by Crippen LogP contribution is -2.08. The van der Waals surface area contributed by atoms with Gasteiger partial charge in [0.1, 0.15) is 0 Å². The molecule has 0 aromatic heterocycles. The fraction of sp³-hybridized carbons (Fsp3) is 0.133. The van der Waals surface area contributed by atoms with Gasteiger partial charge in [-0.3, -0.25) is 5.43 Å². The normalized spacial score (nSPS) is 11.6. The molecule has 0 bridgehead atoms. The molecule has 0 aliphatic rings. The zero-order valence-electron chi connectivity index (χ0n) is 11.6. The third-order valence-corrected chi connectivity index (χ3v) is 2.87. The molecule has 0 atom stereocenters. The molecule has 0 aliphatic heterocycles. The molecule has 0 fully saturated rings. The lowest BCUT2D eigenvalue weighted by molar-refractivity contribution is -0.136. The average Bonchev–Trinajstić information content (AvgIpc) is 2.48. The molecular formula is C15H13F3N2O2. The molecule has 0 radical (unpaired) electrons. The van der Waals surface area contributed by atoms with Gasteiger partial charge in [-0.05, 0) is 24.3 Å². The standard InChI is InChI=1S/C15H13F3N2O2/c1-22-13-8-4-5-10(14(13)21)9-19-20-12-7-3-2-6-11(12)15(16,17)18/h2-9,20-21H,1H3. The van der Waals surface area contributed by atoms with Crippen molar-refractivity contribution >= 4 is 11.9 Å². The molecule has 2 aromatic carbocycles. The summed E-state index contributed by atoms with van der Waals surface area (Å²) in [7, 11) is 1.40. The second-order valence-corrected chi connectivity index (χ2v) is 4.31. The van der Waals surface area contributed by atoms with Crippen molar-refractivity contribution in [2.45, 2.75) is 6.18 Å². The Labute approximate surface area is 124 Å². The van der Waals surface area contributed by atoms with E-state index < -0.39 is 11.7 Å². The quantitative estimate of drug-likeness (QED) is 0.666. The summed E-state index contributed by atoms with van der Waals surface area (Å²) in [6.45, 7) is 0. The van der Waals surface area contributed by atoms with E-state index >= 15 is 0 Å².